The smallest absolute Gasteiger partial charge is 0.870 e. The zero-order chi connectivity index (χ0) is 34.5. The molecule has 0 bridgehead atoms. The number of rotatable bonds is 6. The van der Waals surface area contributed by atoms with Crippen LogP contribution in [0.1, 0.15) is 11.4 Å². The van der Waals surface area contributed by atoms with Crippen molar-refractivity contribution < 1.29 is 57.1 Å². The SMILES string of the molecule is Cc1[nH]n(-c2ccccc2)c(=O)c1N=Nc1cc(Cl)cc(Cl)c1[O-].Cc1[nH]n(-c2ccccc2)c(=O)c1N=Nc1cc(Cl)cc(Cl)c1[OH2+].[Cr].[Na+]. The second kappa shape index (κ2) is 18.1. The summed E-state index contributed by atoms with van der Waals surface area (Å²) >= 11 is 23.4. The minimum Gasteiger partial charge on any atom is -0.870 e. The second-order valence-corrected chi connectivity index (χ2v) is 11.7. The summed E-state index contributed by atoms with van der Waals surface area (Å²) in [4.78, 5) is 25.0. The predicted molar refractivity (Wildman–Crippen MR) is 186 cm³/mol. The summed E-state index contributed by atoms with van der Waals surface area (Å²) in [6, 6.07) is 23.8. The molecule has 0 unspecified atom stereocenters. The first kappa shape index (κ1) is 40.8. The number of aromatic amines is 2. The van der Waals surface area contributed by atoms with Crippen LogP contribution in [-0.4, -0.2) is 24.7 Å². The van der Waals surface area contributed by atoms with Crippen LogP contribution in [0, 0.1) is 13.8 Å². The molecular weight excluding hydrogens is 777 g/mol. The molecule has 0 saturated carbocycles. The van der Waals surface area contributed by atoms with Crippen LogP contribution in [0.15, 0.2) is 115 Å². The minimum atomic E-state index is -0.499. The third-order valence-electron chi connectivity index (χ3n) is 6.65. The summed E-state index contributed by atoms with van der Waals surface area (Å²) in [5, 5.41) is 42.1. The molecule has 0 aliphatic carbocycles. The Hall–Kier alpha value is -3.61. The van der Waals surface area contributed by atoms with Gasteiger partial charge in [0.15, 0.2) is 17.1 Å². The van der Waals surface area contributed by atoms with Crippen molar-refractivity contribution in [2.75, 3.05) is 0 Å². The van der Waals surface area contributed by atoms with E-state index in [0.717, 1.165) is 0 Å². The van der Waals surface area contributed by atoms with Gasteiger partial charge in [-0.05, 0) is 62.4 Å². The number of aromatic nitrogens is 4. The van der Waals surface area contributed by atoms with E-state index in [9.17, 15) is 14.7 Å². The average Bonchev–Trinajstić information content (AvgIpc) is 3.52. The molecule has 4 aromatic carbocycles. The number of nitrogens with zero attached hydrogens (tertiary/aromatic N) is 6. The van der Waals surface area contributed by atoms with Crippen molar-refractivity contribution in [2.24, 2.45) is 20.5 Å². The first-order valence-corrected chi connectivity index (χ1v) is 15.4. The molecule has 6 rings (SSSR count). The standard InChI is InChI=1S/2C16H12Cl2N4O2.Cr.Na/c2*1-9-14(16(24)22(21-9)11-5-3-2-4-6-11)20-19-13-8-10(17)7-12(18)15(13)23;;/h2*2-8,21,23H,1H3;;/q;;;+1. The van der Waals surface area contributed by atoms with Crippen LogP contribution >= 0.6 is 46.4 Å². The van der Waals surface area contributed by atoms with E-state index in [1.807, 2.05) is 36.4 Å². The fourth-order valence-corrected chi connectivity index (χ4v) is 5.26. The Labute approximate surface area is 337 Å². The maximum atomic E-state index is 12.5. The van der Waals surface area contributed by atoms with Gasteiger partial charge < -0.3 is 10.2 Å². The van der Waals surface area contributed by atoms with E-state index in [0.29, 0.717) is 27.8 Å². The van der Waals surface area contributed by atoms with Crippen LogP contribution in [0.3, 0.4) is 0 Å². The molecule has 0 atom stereocenters. The third kappa shape index (κ3) is 9.38. The van der Waals surface area contributed by atoms with Crippen molar-refractivity contribution in [3.05, 3.63) is 137 Å². The second-order valence-electron chi connectivity index (χ2n) is 10.0. The van der Waals surface area contributed by atoms with Crippen LogP contribution in [-0.2, 0) is 17.4 Å². The number of hydrogen-bond acceptors (Lipinski definition) is 7. The molecule has 0 spiro atoms. The van der Waals surface area contributed by atoms with Crippen LogP contribution in [0.25, 0.3) is 11.4 Å². The molecule has 2 aromatic heterocycles. The molecule has 18 heteroatoms. The summed E-state index contributed by atoms with van der Waals surface area (Å²) in [5.74, 6) is -0.497. The number of hydrogen-bond donors (Lipinski definition) is 2. The van der Waals surface area contributed by atoms with E-state index in [4.69, 9.17) is 51.5 Å². The first-order valence-electron chi connectivity index (χ1n) is 13.9. The van der Waals surface area contributed by atoms with Gasteiger partial charge in [0, 0.05) is 32.4 Å². The Morgan fingerprint density at radius 3 is 1.50 bits per heavy atom. The molecule has 2 heterocycles. The maximum Gasteiger partial charge on any atom is 1.00 e. The van der Waals surface area contributed by atoms with E-state index >= 15 is 0 Å². The molecule has 0 aliphatic rings. The van der Waals surface area contributed by atoms with Gasteiger partial charge in [-0.2, -0.15) is 5.11 Å². The van der Waals surface area contributed by atoms with Gasteiger partial charge in [-0.25, -0.2) is 9.36 Å². The number of nitrogens with one attached hydrogen (secondary N) is 2. The molecule has 6 aromatic rings. The molecule has 0 fully saturated rings. The van der Waals surface area contributed by atoms with Crippen molar-refractivity contribution in [3.63, 3.8) is 0 Å². The number of para-hydroxylation sites is 2. The average molecular weight is 801 g/mol. The number of benzene rings is 4. The van der Waals surface area contributed by atoms with E-state index < -0.39 is 5.75 Å². The summed E-state index contributed by atoms with van der Waals surface area (Å²) in [6.07, 6.45) is 0. The third-order valence-corrected chi connectivity index (χ3v) is 7.66. The van der Waals surface area contributed by atoms with E-state index in [1.54, 1.807) is 38.1 Å². The van der Waals surface area contributed by atoms with Crippen LogP contribution in [0.4, 0.5) is 22.7 Å². The van der Waals surface area contributed by atoms with Crippen LogP contribution in [0.5, 0.6) is 11.5 Å². The molecule has 0 aliphatic heterocycles. The van der Waals surface area contributed by atoms with Crippen molar-refractivity contribution in [1.82, 2.24) is 19.6 Å². The molecule has 0 radical (unpaired) electrons. The van der Waals surface area contributed by atoms with Gasteiger partial charge in [0.1, 0.15) is 5.02 Å². The summed E-state index contributed by atoms with van der Waals surface area (Å²) < 4.78 is 2.74. The van der Waals surface area contributed by atoms with Gasteiger partial charge in [0.2, 0.25) is 0 Å². The van der Waals surface area contributed by atoms with E-state index in [1.165, 1.54) is 33.6 Å². The van der Waals surface area contributed by atoms with Gasteiger partial charge in [-0.1, -0.05) is 88.6 Å². The fourth-order valence-electron chi connectivity index (χ4n) is 4.30. The Morgan fingerprint density at radius 2 is 1.04 bits per heavy atom. The number of H-pyrrole nitrogens is 2. The zero-order valence-corrected chi connectivity index (χ0v) is 32.7. The van der Waals surface area contributed by atoms with Crippen molar-refractivity contribution in [2.45, 2.75) is 13.8 Å². The van der Waals surface area contributed by atoms with Gasteiger partial charge in [-0.3, -0.25) is 19.8 Å². The number of halogens is 4. The zero-order valence-electron chi connectivity index (χ0n) is 26.4. The molecule has 250 valence electrons. The van der Waals surface area contributed by atoms with Gasteiger partial charge >= 0.3 is 35.3 Å². The van der Waals surface area contributed by atoms with Crippen molar-refractivity contribution >= 4 is 69.2 Å². The van der Waals surface area contributed by atoms with E-state index in [-0.39, 0.29) is 102 Å². The maximum absolute atomic E-state index is 12.5. The van der Waals surface area contributed by atoms with Gasteiger partial charge in [-0.15, -0.1) is 15.3 Å². The molecule has 50 heavy (non-hydrogen) atoms. The Balaban J connectivity index is 0.000000260. The normalized spacial score (nSPS) is 10.8. The summed E-state index contributed by atoms with van der Waals surface area (Å²) in [7, 11) is 0. The quantitative estimate of drug-likeness (QED) is 0.122. The molecular formula is C32H24Cl4CrN8NaO4+. The van der Waals surface area contributed by atoms with Gasteiger partial charge in [0.25, 0.3) is 11.1 Å². The molecule has 0 saturated heterocycles. The Morgan fingerprint density at radius 1 is 0.640 bits per heavy atom. The van der Waals surface area contributed by atoms with E-state index in [2.05, 4.69) is 30.7 Å². The minimum absolute atomic E-state index is 0. The molecule has 4 N–H and O–H groups in total. The topological polar surface area (TPSA) is 171 Å². The largest absolute Gasteiger partial charge is 1.00 e. The molecule has 12 nitrogen and oxygen atoms in total. The summed E-state index contributed by atoms with van der Waals surface area (Å²) in [5.41, 5.74) is 2.17. The van der Waals surface area contributed by atoms with Crippen molar-refractivity contribution in [3.8, 4) is 22.9 Å². The fraction of sp³-hybridized carbons (Fsp3) is 0.0625. The molecule has 0 amide bonds. The Bertz CT molecular complexity index is 2130. The number of aryl methyl sites for hydroxylation is 2. The Kier molecular flexibility index (Phi) is 14.7. The van der Waals surface area contributed by atoms with Gasteiger partial charge in [0.05, 0.1) is 28.5 Å². The number of azo groups is 2. The first-order chi connectivity index (χ1) is 22.9. The predicted octanol–water partition coefficient (Wildman–Crippen LogP) is 5.91. The monoisotopic (exact) mass is 799 g/mol. The van der Waals surface area contributed by atoms with Crippen LogP contribution in [0.2, 0.25) is 20.1 Å². The van der Waals surface area contributed by atoms with Crippen LogP contribution < -0.4 is 45.8 Å². The summed E-state index contributed by atoms with van der Waals surface area (Å²) in [6.45, 7) is 3.42. The van der Waals surface area contributed by atoms with Crippen molar-refractivity contribution in [1.29, 1.82) is 0 Å².